The molecule has 0 atom stereocenters. The van der Waals surface area contributed by atoms with E-state index in [2.05, 4.69) is 91.2 Å². The SMILES string of the molecule is Cc1ccc(-c2cc(-c3ccccc3)cc(-c3cccs3)p2)cc1. The Labute approximate surface area is 148 Å². The van der Waals surface area contributed by atoms with Crippen LogP contribution in [0.1, 0.15) is 5.56 Å². The largest absolute Gasteiger partial charge is 0.143 e. The molecule has 0 fully saturated rings. The molecule has 0 radical (unpaired) electrons. The minimum atomic E-state index is 1.27. The van der Waals surface area contributed by atoms with Crippen LogP contribution in [0.5, 0.6) is 0 Å². The van der Waals surface area contributed by atoms with E-state index in [-0.39, 0.29) is 0 Å². The van der Waals surface area contributed by atoms with Crippen molar-refractivity contribution in [2.45, 2.75) is 6.92 Å². The second kappa shape index (κ2) is 6.73. The van der Waals surface area contributed by atoms with Crippen molar-refractivity contribution in [2.24, 2.45) is 0 Å². The van der Waals surface area contributed by atoms with Crippen LogP contribution < -0.4 is 0 Å². The minimum absolute atomic E-state index is 1.27. The van der Waals surface area contributed by atoms with Gasteiger partial charge in [-0.15, -0.1) is 11.3 Å². The van der Waals surface area contributed by atoms with E-state index in [4.69, 9.17) is 0 Å². The molecule has 0 nitrogen and oxygen atoms in total. The van der Waals surface area contributed by atoms with Crippen molar-refractivity contribution in [2.75, 3.05) is 0 Å². The second-order valence-corrected chi connectivity index (χ2v) is 7.97. The summed E-state index contributed by atoms with van der Waals surface area (Å²) >= 11 is 1.81. The van der Waals surface area contributed by atoms with Crippen LogP contribution in [-0.4, -0.2) is 0 Å². The highest BCUT2D eigenvalue weighted by molar-refractivity contribution is 7.39. The van der Waals surface area contributed by atoms with Crippen LogP contribution in [0.2, 0.25) is 0 Å². The highest BCUT2D eigenvalue weighted by Gasteiger charge is 2.08. The van der Waals surface area contributed by atoms with Crippen LogP contribution in [0.25, 0.3) is 32.2 Å². The van der Waals surface area contributed by atoms with Gasteiger partial charge in [-0.3, -0.25) is 0 Å². The van der Waals surface area contributed by atoms with E-state index in [9.17, 15) is 0 Å². The van der Waals surface area contributed by atoms with Gasteiger partial charge in [0.25, 0.3) is 0 Å². The fraction of sp³-hybridized carbons (Fsp3) is 0.0455. The minimum Gasteiger partial charge on any atom is -0.143 e. The molecular formula is C22H17PS. The van der Waals surface area contributed by atoms with Gasteiger partial charge in [0.1, 0.15) is 0 Å². The zero-order valence-corrected chi connectivity index (χ0v) is 15.1. The van der Waals surface area contributed by atoms with Crippen LogP contribution in [0, 0.1) is 6.92 Å². The third kappa shape index (κ3) is 3.19. The van der Waals surface area contributed by atoms with E-state index in [1.165, 1.54) is 45.9 Å². The maximum atomic E-state index is 2.33. The lowest BCUT2D eigenvalue weighted by Crippen LogP contribution is -1.81. The normalized spacial score (nSPS) is 11.0. The molecule has 0 unspecified atom stereocenters. The molecule has 0 aliphatic rings. The summed E-state index contributed by atoms with van der Waals surface area (Å²) in [6, 6.07) is 28.5. The van der Waals surface area contributed by atoms with Crippen molar-refractivity contribution >= 4 is 19.5 Å². The Bertz CT molecular complexity index is 939. The van der Waals surface area contributed by atoms with Crippen LogP contribution >= 0.6 is 19.5 Å². The van der Waals surface area contributed by atoms with E-state index in [0.717, 1.165) is 0 Å². The molecule has 4 rings (SSSR count). The van der Waals surface area contributed by atoms with Crippen molar-refractivity contribution in [3.05, 3.63) is 89.8 Å². The molecule has 0 aliphatic carbocycles. The third-order valence-electron chi connectivity index (χ3n) is 4.05. The number of hydrogen-bond acceptors (Lipinski definition) is 1. The molecule has 0 bridgehead atoms. The smallest absolute Gasteiger partial charge is 0.0389 e. The van der Waals surface area contributed by atoms with E-state index in [1.54, 1.807) is 0 Å². The molecular weight excluding hydrogens is 327 g/mol. The first-order chi connectivity index (χ1) is 11.8. The lowest BCUT2D eigenvalue weighted by molar-refractivity contribution is 1.48. The lowest BCUT2D eigenvalue weighted by Gasteiger charge is -2.09. The van der Waals surface area contributed by atoms with Gasteiger partial charge < -0.3 is 0 Å². The van der Waals surface area contributed by atoms with Gasteiger partial charge in [0, 0.05) is 15.5 Å². The maximum Gasteiger partial charge on any atom is 0.0389 e. The number of thiophene rings is 1. The van der Waals surface area contributed by atoms with Crippen LogP contribution in [0.15, 0.2) is 84.2 Å². The Hall–Kier alpha value is -2.21. The molecule has 0 saturated heterocycles. The Morgan fingerprint density at radius 1 is 0.667 bits per heavy atom. The first-order valence-electron chi connectivity index (χ1n) is 7.98. The monoisotopic (exact) mass is 344 g/mol. The fourth-order valence-corrected chi connectivity index (χ4v) is 4.82. The summed E-state index contributed by atoms with van der Waals surface area (Å²) in [5.41, 5.74) is 5.16. The lowest BCUT2D eigenvalue weighted by atomic mass is 10.0. The zero-order chi connectivity index (χ0) is 16.4. The van der Waals surface area contributed by atoms with E-state index in [1.807, 2.05) is 11.3 Å². The fourth-order valence-electron chi connectivity index (χ4n) is 2.75. The van der Waals surface area contributed by atoms with Crippen LogP contribution in [-0.2, 0) is 0 Å². The van der Waals surface area contributed by atoms with Crippen molar-refractivity contribution in [1.29, 1.82) is 0 Å². The quantitative estimate of drug-likeness (QED) is 0.358. The summed E-state index contributed by atoms with van der Waals surface area (Å²) in [5, 5.41) is 4.89. The molecule has 0 spiro atoms. The Kier molecular flexibility index (Phi) is 4.30. The molecule has 0 N–H and O–H groups in total. The molecule has 2 heteroatoms. The highest BCUT2D eigenvalue weighted by Crippen LogP contribution is 2.42. The van der Waals surface area contributed by atoms with Gasteiger partial charge in [-0.2, -0.15) is 0 Å². The van der Waals surface area contributed by atoms with E-state index in [0.29, 0.717) is 0 Å². The standard InChI is InChI=1S/C22H17PS/c1-16-9-11-18(12-10-16)20-14-19(17-6-3-2-4-7-17)15-21(23-20)22-8-5-13-24-22/h2-15H,1H3. The molecule has 24 heavy (non-hydrogen) atoms. The highest BCUT2D eigenvalue weighted by atomic mass is 32.1. The van der Waals surface area contributed by atoms with Crippen molar-refractivity contribution in [1.82, 2.24) is 0 Å². The summed E-state index contributed by atoms with van der Waals surface area (Å²) in [6.07, 6.45) is 0. The summed E-state index contributed by atoms with van der Waals surface area (Å²) in [5.74, 6) is 0. The molecule has 0 saturated carbocycles. The number of hydrogen-bond donors (Lipinski definition) is 0. The van der Waals surface area contributed by atoms with Gasteiger partial charge in [0.2, 0.25) is 0 Å². The third-order valence-corrected chi connectivity index (χ3v) is 6.35. The van der Waals surface area contributed by atoms with Gasteiger partial charge in [-0.25, -0.2) is 0 Å². The number of rotatable bonds is 3. The van der Waals surface area contributed by atoms with Crippen molar-refractivity contribution < 1.29 is 0 Å². The molecule has 0 amide bonds. The molecule has 2 aromatic carbocycles. The van der Waals surface area contributed by atoms with Gasteiger partial charge in [0.05, 0.1) is 0 Å². The summed E-state index contributed by atoms with van der Waals surface area (Å²) < 4.78 is 0. The molecule has 116 valence electrons. The van der Waals surface area contributed by atoms with Gasteiger partial charge in [0.15, 0.2) is 0 Å². The Morgan fingerprint density at radius 2 is 1.42 bits per heavy atom. The Morgan fingerprint density at radius 3 is 2.12 bits per heavy atom. The molecule has 2 aromatic heterocycles. The maximum absolute atomic E-state index is 2.33. The average Bonchev–Trinajstić information content (AvgIpc) is 3.17. The number of aryl methyl sites for hydroxylation is 1. The van der Waals surface area contributed by atoms with Crippen LogP contribution in [0.4, 0.5) is 0 Å². The molecule has 0 aliphatic heterocycles. The van der Waals surface area contributed by atoms with Gasteiger partial charge >= 0.3 is 0 Å². The first kappa shape index (κ1) is 15.3. The summed E-state index contributed by atoms with van der Waals surface area (Å²) in [4.78, 5) is 1.35. The molecule has 4 aromatic rings. The number of benzene rings is 2. The first-order valence-corrected chi connectivity index (χ1v) is 9.75. The van der Waals surface area contributed by atoms with Crippen LogP contribution in [0.3, 0.4) is 0 Å². The Balaban J connectivity index is 1.90. The van der Waals surface area contributed by atoms with Gasteiger partial charge in [-0.1, -0.05) is 74.4 Å². The molecule has 2 heterocycles. The average molecular weight is 344 g/mol. The summed E-state index contributed by atoms with van der Waals surface area (Å²) in [6.45, 7) is 2.13. The van der Waals surface area contributed by atoms with E-state index >= 15 is 0 Å². The predicted molar refractivity (Wildman–Crippen MR) is 108 cm³/mol. The van der Waals surface area contributed by atoms with E-state index < -0.39 is 0 Å². The predicted octanol–water partition coefficient (Wildman–Crippen LogP) is 7.64. The second-order valence-electron chi connectivity index (χ2n) is 5.84. The van der Waals surface area contributed by atoms with Crippen molar-refractivity contribution in [3.8, 4) is 32.2 Å². The van der Waals surface area contributed by atoms with Gasteiger partial charge in [-0.05, 0) is 47.2 Å². The van der Waals surface area contributed by atoms with Crippen molar-refractivity contribution in [3.63, 3.8) is 0 Å². The summed E-state index contributed by atoms with van der Waals surface area (Å²) in [7, 11) is 1.28. The zero-order valence-electron chi connectivity index (χ0n) is 13.4. The topological polar surface area (TPSA) is 0 Å².